The molecule has 98 valence electrons. The summed E-state index contributed by atoms with van der Waals surface area (Å²) in [5, 5.41) is 0. The Hall–Kier alpha value is -1.71. The summed E-state index contributed by atoms with van der Waals surface area (Å²) in [4.78, 5) is 13.7. The maximum atomic E-state index is 12.1. The summed E-state index contributed by atoms with van der Waals surface area (Å²) in [6, 6.07) is 3.82. The van der Waals surface area contributed by atoms with Crippen molar-refractivity contribution in [2.45, 2.75) is 32.8 Å². The van der Waals surface area contributed by atoms with Crippen LogP contribution in [0.3, 0.4) is 0 Å². The summed E-state index contributed by atoms with van der Waals surface area (Å²) < 4.78 is 11.1. The molecule has 18 heavy (non-hydrogen) atoms. The number of anilines is 1. The minimum atomic E-state index is -0.818. The molecule has 0 bridgehead atoms. The van der Waals surface area contributed by atoms with Crippen LogP contribution in [0.25, 0.3) is 0 Å². The molecule has 4 nitrogen and oxygen atoms in total. The molecular formula is C14H19NO3. The smallest absolute Gasteiger partial charge is 0.270 e. The van der Waals surface area contributed by atoms with Gasteiger partial charge in [0.2, 0.25) is 0 Å². The lowest BCUT2D eigenvalue weighted by molar-refractivity contribution is -0.132. The van der Waals surface area contributed by atoms with E-state index in [1.807, 2.05) is 12.1 Å². The van der Waals surface area contributed by atoms with Crippen molar-refractivity contribution in [2.24, 2.45) is 0 Å². The maximum absolute atomic E-state index is 12.1. The third-order valence-electron chi connectivity index (χ3n) is 3.29. The standard InChI is InChI=1S/C14H19NO3/c1-6-9-7-12-10(8-11(9)17-5)15(4)13(16)14(2,3)18-12/h7-8H,6H2,1-5H3. The monoisotopic (exact) mass is 249 g/mol. The molecule has 0 aromatic heterocycles. The Bertz CT molecular complexity index is 494. The third kappa shape index (κ3) is 1.82. The van der Waals surface area contributed by atoms with Crippen molar-refractivity contribution in [3.63, 3.8) is 0 Å². The van der Waals surface area contributed by atoms with Crippen LogP contribution in [0.1, 0.15) is 26.3 Å². The van der Waals surface area contributed by atoms with Crippen molar-refractivity contribution in [3.05, 3.63) is 17.7 Å². The molecule has 1 aliphatic heterocycles. The summed E-state index contributed by atoms with van der Waals surface area (Å²) >= 11 is 0. The van der Waals surface area contributed by atoms with E-state index in [1.54, 1.807) is 32.9 Å². The Morgan fingerprint density at radius 3 is 2.61 bits per heavy atom. The number of methoxy groups -OCH3 is 1. The van der Waals surface area contributed by atoms with Crippen LogP contribution < -0.4 is 14.4 Å². The van der Waals surface area contributed by atoms with Crippen LogP contribution in [0.2, 0.25) is 0 Å². The van der Waals surface area contributed by atoms with Crippen molar-refractivity contribution in [2.75, 3.05) is 19.1 Å². The normalized spacial score (nSPS) is 17.2. The number of hydrogen-bond donors (Lipinski definition) is 0. The summed E-state index contributed by atoms with van der Waals surface area (Å²) in [5.74, 6) is 1.47. The first kappa shape index (κ1) is 12.7. The number of fused-ring (bicyclic) bond motifs is 1. The van der Waals surface area contributed by atoms with Gasteiger partial charge in [-0.25, -0.2) is 0 Å². The second-order valence-corrected chi connectivity index (χ2v) is 4.96. The fourth-order valence-electron chi connectivity index (χ4n) is 2.23. The Balaban J connectivity index is 2.57. The Kier molecular flexibility index (Phi) is 2.97. The summed E-state index contributed by atoms with van der Waals surface area (Å²) in [7, 11) is 3.40. The minimum Gasteiger partial charge on any atom is -0.496 e. The average molecular weight is 249 g/mol. The van der Waals surface area contributed by atoms with Crippen LogP contribution >= 0.6 is 0 Å². The number of benzene rings is 1. The van der Waals surface area contributed by atoms with Crippen molar-refractivity contribution in [1.82, 2.24) is 0 Å². The zero-order chi connectivity index (χ0) is 13.5. The molecule has 2 rings (SSSR count). The molecular weight excluding hydrogens is 230 g/mol. The van der Waals surface area contributed by atoms with Crippen molar-refractivity contribution in [1.29, 1.82) is 0 Å². The van der Waals surface area contributed by atoms with Gasteiger partial charge in [-0.15, -0.1) is 0 Å². The van der Waals surface area contributed by atoms with Crippen LogP contribution in [-0.4, -0.2) is 25.7 Å². The molecule has 0 aliphatic carbocycles. The molecule has 4 heteroatoms. The average Bonchev–Trinajstić information content (AvgIpc) is 2.34. The topological polar surface area (TPSA) is 38.8 Å². The Morgan fingerprint density at radius 1 is 1.39 bits per heavy atom. The van der Waals surface area contributed by atoms with Crippen LogP contribution in [0, 0.1) is 0 Å². The number of carbonyl (C=O) groups excluding carboxylic acids is 1. The van der Waals surface area contributed by atoms with Crippen molar-refractivity contribution < 1.29 is 14.3 Å². The van der Waals surface area contributed by atoms with Crippen molar-refractivity contribution >= 4 is 11.6 Å². The highest BCUT2D eigenvalue weighted by molar-refractivity contribution is 6.02. The molecule has 1 heterocycles. The van der Waals surface area contributed by atoms with Crippen LogP contribution in [0.5, 0.6) is 11.5 Å². The third-order valence-corrected chi connectivity index (χ3v) is 3.29. The molecule has 0 saturated heterocycles. The quantitative estimate of drug-likeness (QED) is 0.807. The van der Waals surface area contributed by atoms with Gasteiger partial charge in [-0.2, -0.15) is 0 Å². The number of likely N-dealkylation sites (N-methyl/N-ethyl adjacent to an activating group) is 1. The highest BCUT2D eigenvalue weighted by Gasteiger charge is 2.39. The van der Waals surface area contributed by atoms with E-state index in [-0.39, 0.29) is 5.91 Å². The minimum absolute atomic E-state index is 0.0544. The van der Waals surface area contributed by atoms with Gasteiger partial charge in [0.1, 0.15) is 11.5 Å². The summed E-state index contributed by atoms with van der Waals surface area (Å²) in [5.41, 5.74) is 1.02. The number of hydrogen-bond acceptors (Lipinski definition) is 3. The van der Waals surface area contributed by atoms with E-state index in [2.05, 4.69) is 6.92 Å². The molecule has 1 aliphatic rings. The van der Waals surface area contributed by atoms with Gasteiger partial charge < -0.3 is 14.4 Å². The number of aryl methyl sites for hydroxylation is 1. The lowest BCUT2D eigenvalue weighted by Crippen LogP contribution is -2.50. The molecule has 1 aromatic rings. The van der Waals surface area contributed by atoms with Gasteiger partial charge in [0.25, 0.3) is 5.91 Å². The van der Waals surface area contributed by atoms with E-state index < -0.39 is 5.60 Å². The fourth-order valence-corrected chi connectivity index (χ4v) is 2.23. The lowest BCUT2D eigenvalue weighted by atomic mass is 10.0. The fraction of sp³-hybridized carbons (Fsp3) is 0.500. The van der Waals surface area contributed by atoms with Gasteiger partial charge in [0, 0.05) is 13.1 Å². The SMILES string of the molecule is CCc1cc2c(cc1OC)N(C)C(=O)C(C)(C)O2. The first-order chi connectivity index (χ1) is 8.40. The van der Waals surface area contributed by atoms with Crippen LogP contribution in [0.15, 0.2) is 12.1 Å². The van der Waals surface area contributed by atoms with Gasteiger partial charge in [-0.05, 0) is 31.9 Å². The van der Waals surface area contributed by atoms with Gasteiger partial charge in [0.15, 0.2) is 5.60 Å². The molecule has 0 N–H and O–H groups in total. The van der Waals surface area contributed by atoms with E-state index in [4.69, 9.17) is 9.47 Å². The maximum Gasteiger partial charge on any atom is 0.270 e. The van der Waals surface area contributed by atoms with Gasteiger partial charge in [-0.3, -0.25) is 4.79 Å². The second-order valence-electron chi connectivity index (χ2n) is 4.96. The largest absolute Gasteiger partial charge is 0.496 e. The summed E-state index contributed by atoms with van der Waals surface area (Å²) in [6.07, 6.45) is 0.859. The van der Waals surface area contributed by atoms with E-state index in [0.29, 0.717) is 0 Å². The van der Waals surface area contributed by atoms with E-state index in [1.165, 1.54) is 0 Å². The van der Waals surface area contributed by atoms with Crippen molar-refractivity contribution in [3.8, 4) is 11.5 Å². The highest BCUT2D eigenvalue weighted by Crippen LogP contribution is 2.41. The predicted molar refractivity (Wildman–Crippen MR) is 70.5 cm³/mol. The molecule has 1 amide bonds. The van der Waals surface area contributed by atoms with Crippen LogP contribution in [0.4, 0.5) is 5.69 Å². The molecule has 0 spiro atoms. The summed E-state index contributed by atoms with van der Waals surface area (Å²) in [6.45, 7) is 5.63. The highest BCUT2D eigenvalue weighted by atomic mass is 16.5. The molecule has 1 aromatic carbocycles. The number of rotatable bonds is 2. The molecule has 0 saturated carbocycles. The van der Waals surface area contributed by atoms with E-state index in [0.717, 1.165) is 29.2 Å². The molecule has 0 unspecified atom stereocenters. The van der Waals surface area contributed by atoms with Crippen LogP contribution in [-0.2, 0) is 11.2 Å². The zero-order valence-electron chi connectivity index (χ0n) is 11.5. The molecule has 0 radical (unpaired) electrons. The predicted octanol–water partition coefficient (Wildman–Crippen LogP) is 2.39. The Labute approximate surface area is 107 Å². The second kappa shape index (κ2) is 4.19. The number of amides is 1. The Morgan fingerprint density at radius 2 is 2.06 bits per heavy atom. The van der Waals surface area contributed by atoms with E-state index in [9.17, 15) is 4.79 Å². The number of carbonyl (C=O) groups is 1. The van der Waals surface area contributed by atoms with Gasteiger partial charge in [0.05, 0.1) is 12.8 Å². The van der Waals surface area contributed by atoms with Gasteiger partial charge >= 0.3 is 0 Å². The lowest BCUT2D eigenvalue weighted by Gasteiger charge is -2.37. The van der Waals surface area contributed by atoms with Gasteiger partial charge in [-0.1, -0.05) is 6.92 Å². The number of ether oxygens (including phenoxy) is 2. The van der Waals surface area contributed by atoms with E-state index >= 15 is 0 Å². The first-order valence-corrected chi connectivity index (χ1v) is 6.08. The number of nitrogens with zero attached hydrogens (tertiary/aromatic N) is 1. The zero-order valence-corrected chi connectivity index (χ0v) is 11.5. The first-order valence-electron chi connectivity index (χ1n) is 6.08. The molecule has 0 atom stereocenters. The molecule has 0 fully saturated rings.